The first kappa shape index (κ1) is 15.0. The summed E-state index contributed by atoms with van der Waals surface area (Å²) in [6, 6.07) is 18.0. The normalized spacial score (nSPS) is 10.5. The summed E-state index contributed by atoms with van der Waals surface area (Å²) in [4.78, 5) is 12.2. The number of nitrogens with one attached hydrogen (secondary N) is 2. The Morgan fingerprint density at radius 2 is 2.04 bits per heavy atom. The minimum Gasteiger partial charge on any atom is -0.361 e. The van der Waals surface area contributed by atoms with Gasteiger partial charge in [0, 0.05) is 41.0 Å². The van der Waals surface area contributed by atoms with Gasteiger partial charge in [0.25, 0.3) is 0 Å². The Balaban J connectivity index is 1.55. The molecule has 4 rings (SSSR count). The maximum atomic E-state index is 5.46. The molecule has 2 N–H and O–H groups in total. The Labute approximate surface area is 146 Å². The molecule has 4 heteroatoms. The molecule has 4 aromatic rings. The quantitative estimate of drug-likeness (QED) is 0.551. The highest BCUT2D eigenvalue weighted by molar-refractivity contribution is 5.83. The third-order valence-electron chi connectivity index (χ3n) is 3.99. The zero-order valence-corrected chi connectivity index (χ0v) is 13.5. The SMILES string of the molecule is C#Cc1cccc(Cc2nccc(Nc3ccc4[nH]ccc4c3)n2)c1. The maximum absolute atomic E-state index is 5.46. The molecule has 2 aromatic carbocycles. The summed E-state index contributed by atoms with van der Waals surface area (Å²) in [7, 11) is 0. The second-order valence-corrected chi connectivity index (χ2v) is 5.78. The van der Waals surface area contributed by atoms with E-state index in [0.717, 1.165) is 39.4 Å². The van der Waals surface area contributed by atoms with E-state index in [9.17, 15) is 0 Å². The van der Waals surface area contributed by atoms with Crippen LogP contribution >= 0.6 is 0 Å². The molecule has 2 aromatic heterocycles. The summed E-state index contributed by atoms with van der Waals surface area (Å²) in [5.41, 5.74) is 4.07. The summed E-state index contributed by atoms with van der Waals surface area (Å²) in [5.74, 6) is 4.18. The molecule has 0 aliphatic heterocycles. The number of aromatic amines is 1. The highest BCUT2D eigenvalue weighted by Crippen LogP contribution is 2.21. The van der Waals surface area contributed by atoms with Crippen molar-refractivity contribution in [1.29, 1.82) is 0 Å². The molecule has 0 unspecified atom stereocenters. The fraction of sp³-hybridized carbons (Fsp3) is 0.0476. The van der Waals surface area contributed by atoms with E-state index in [2.05, 4.69) is 32.3 Å². The van der Waals surface area contributed by atoms with Crippen LogP contribution in [0.4, 0.5) is 11.5 Å². The molecule has 0 aliphatic rings. The van der Waals surface area contributed by atoms with Gasteiger partial charge in [0.1, 0.15) is 11.6 Å². The first-order valence-electron chi connectivity index (χ1n) is 8.02. The van der Waals surface area contributed by atoms with Crippen molar-refractivity contribution in [2.45, 2.75) is 6.42 Å². The molecule has 0 bridgehead atoms. The summed E-state index contributed by atoms with van der Waals surface area (Å²) in [6.07, 6.45) is 9.80. The predicted molar refractivity (Wildman–Crippen MR) is 101 cm³/mol. The van der Waals surface area contributed by atoms with Crippen LogP contribution in [0.5, 0.6) is 0 Å². The highest BCUT2D eigenvalue weighted by atomic mass is 15.0. The Bertz CT molecular complexity index is 1070. The highest BCUT2D eigenvalue weighted by Gasteiger charge is 2.04. The second-order valence-electron chi connectivity index (χ2n) is 5.78. The van der Waals surface area contributed by atoms with Gasteiger partial charge in [-0.15, -0.1) is 6.42 Å². The summed E-state index contributed by atoms with van der Waals surface area (Å²) < 4.78 is 0. The first-order chi connectivity index (χ1) is 12.3. The largest absolute Gasteiger partial charge is 0.361 e. The van der Waals surface area contributed by atoms with E-state index in [1.54, 1.807) is 6.20 Å². The molecule has 0 aliphatic carbocycles. The van der Waals surface area contributed by atoms with E-state index in [1.807, 2.05) is 54.7 Å². The van der Waals surface area contributed by atoms with E-state index in [1.165, 1.54) is 0 Å². The average Bonchev–Trinajstić information content (AvgIpc) is 3.10. The van der Waals surface area contributed by atoms with Gasteiger partial charge in [0.15, 0.2) is 0 Å². The van der Waals surface area contributed by atoms with Crippen molar-refractivity contribution >= 4 is 22.4 Å². The maximum Gasteiger partial charge on any atom is 0.135 e. The molecule has 120 valence electrons. The van der Waals surface area contributed by atoms with Crippen molar-refractivity contribution < 1.29 is 0 Å². The van der Waals surface area contributed by atoms with E-state index in [0.29, 0.717) is 6.42 Å². The van der Waals surface area contributed by atoms with Crippen molar-refractivity contribution in [2.24, 2.45) is 0 Å². The zero-order valence-electron chi connectivity index (χ0n) is 13.5. The third-order valence-corrected chi connectivity index (χ3v) is 3.99. The van der Waals surface area contributed by atoms with Gasteiger partial charge < -0.3 is 10.3 Å². The molecule has 2 heterocycles. The molecule has 0 atom stereocenters. The number of H-pyrrole nitrogens is 1. The van der Waals surface area contributed by atoms with Crippen LogP contribution in [0.1, 0.15) is 17.0 Å². The van der Waals surface area contributed by atoms with Gasteiger partial charge in [0.05, 0.1) is 0 Å². The molecule has 25 heavy (non-hydrogen) atoms. The number of anilines is 2. The smallest absolute Gasteiger partial charge is 0.135 e. The van der Waals surface area contributed by atoms with Crippen LogP contribution in [-0.2, 0) is 6.42 Å². The third kappa shape index (κ3) is 3.36. The number of rotatable bonds is 4. The lowest BCUT2D eigenvalue weighted by Crippen LogP contribution is -2.00. The van der Waals surface area contributed by atoms with Gasteiger partial charge in [-0.05, 0) is 48.0 Å². The first-order valence-corrected chi connectivity index (χ1v) is 8.02. The lowest BCUT2D eigenvalue weighted by molar-refractivity contribution is 0.971. The number of aromatic nitrogens is 3. The minimum absolute atomic E-state index is 0.641. The topological polar surface area (TPSA) is 53.6 Å². The van der Waals surface area contributed by atoms with Gasteiger partial charge in [-0.3, -0.25) is 0 Å². The Hall–Kier alpha value is -3.58. The van der Waals surface area contributed by atoms with E-state index in [4.69, 9.17) is 6.42 Å². The molecule has 0 amide bonds. The molecular formula is C21H16N4. The fourth-order valence-electron chi connectivity index (χ4n) is 2.79. The van der Waals surface area contributed by atoms with Crippen LogP contribution in [0, 0.1) is 12.3 Å². The standard InChI is InChI=1S/C21H16N4/c1-2-15-4-3-5-16(12-15)13-21-23-11-9-20(25-21)24-18-6-7-19-17(14-18)8-10-22-19/h1,3-12,14,22H,13H2,(H,23,24,25). The van der Waals surface area contributed by atoms with Crippen molar-refractivity contribution in [3.05, 3.63) is 83.9 Å². The van der Waals surface area contributed by atoms with Gasteiger partial charge in [0.2, 0.25) is 0 Å². The Morgan fingerprint density at radius 3 is 2.96 bits per heavy atom. The monoisotopic (exact) mass is 324 g/mol. The number of hydrogen-bond acceptors (Lipinski definition) is 3. The lowest BCUT2D eigenvalue weighted by Gasteiger charge is -2.07. The van der Waals surface area contributed by atoms with Gasteiger partial charge >= 0.3 is 0 Å². The van der Waals surface area contributed by atoms with E-state index in [-0.39, 0.29) is 0 Å². The Kier molecular flexibility index (Phi) is 3.89. The van der Waals surface area contributed by atoms with E-state index < -0.39 is 0 Å². The Morgan fingerprint density at radius 1 is 1.08 bits per heavy atom. The van der Waals surface area contributed by atoms with Crippen LogP contribution in [0.25, 0.3) is 10.9 Å². The van der Waals surface area contributed by atoms with Crippen LogP contribution < -0.4 is 5.32 Å². The molecule has 0 spiro atoms. The van der Waals surface area contributed by atoms with E-state index >= 15 is 0 Å². The molecule has 0 radical (unpaired) electrons. The van der Waals surface area contributed by atoms with Crippen molar-refractivity contribution in [3.8, 4) is 12.3 Å². The van der Waals surface area contributed by atoms with Gasteiger partial charge in [-0.1, -0.05) is 18.1 Å². The van der Waals surface area contributed by atoms with Crippen LogP contribution in [0.15, 0.2) is 67.0 Å². The average molecular weight is 324 g/mol. The van der Waals surface area contributed by atoms with Gasteiger partial charge in [-0.2, -0.15) is 0 Å². The summed E-state index contributed by atoms with van der Waals surface area (Å²) >= 11 is 0. The lowest BCUT2D eigenvalue weighted by atomic mass is 10.1. The zero-order chi connectivity index (χ0) is 17.1. The molecule has 0 saturated heterocycles. The number of nitrogens with zero attached hydrogens (tertiary/aromatic N) is 2. The number of benzene rings is 2. The number of hydrogen-bond donors (Lipinski definition) is 2. The summed E-state index contributed by atoms with van der Waals surface area (Å²) in [6.45, 7) is 0. The predicted octanol–water partition coefficient (Wildman–Crippen LogP) is 4.27. The van der Waals surface area contributed by atoms with Gasteiger partial charge in [-0.25, -0.2) is 9.97 Å². The van der Waals surface area contributed by atoms with Crippen molar-refractivity contribution in [2.75, 3.05) is 5.32 Å². The number of terminal acetylenes is 1. The molecular weight excluding hydrogens is 308 g/mol. The molecule has 0 saturated carbocycles. The number of fused-ring (bicyclic) bond motifs is 1. The van der Waals surface area contributed by atoms with Crippen LogP contribution in [0.2, 0.25) is 0 Å². The minimum atomic E-state index is 0.641. The summed E-state index contributed by atoms with van der Waals surface area (Å²) in [5, 5.41) is 4.49. The molecule has 4 nitrogen and oxygen atoms in total. The second kappa shape index (κ2) is 6.50. The van der Waals surface area contributed by atoms with Crippen LogP contribution in [0.3, 0.4) is 0 Å². The van der Waals surface area contributed by atoms with Crippen molar-refractivity contribution in [1.82, 2.24) is 15.0 Å². The molecule has 0 fully saturated rings. The van der Waals surface area contributed by atoms with Crippen molar-refractivity contribution in [3.63, 3.8) is 0 Å². The fourth-order valence-corrected chi connectivity index (χ4v) is 2.79. The van der Waals surface area contributed by atoms with Crippen LogP contribution in [-0.4, -0.2) is 15.0 Å².